The van der Waals surface area contributed by atoms with Crippen LogP contribution in [0.4, 0.5) is 0 Å². The molecule has 1 saturated heterocycles. The highest BCUT2D eigenvalue weighted by Gasteiger charge is 2.34. The third-order valence-electron chi connectivity index (χ3n) is 8.21. The first kappa shape index (κ1) is 21.9. The molecule has 1 aromatic heterocycles. The summed E-state index contributed by atoms with van der Waals surface area (Å²) in [4.78, 5) is 26.8. The van der Waals surface area contributed by atoms with Gasteiger partial charge in [-0.15, -0.1) is 0 Å². The number of H-pyrrole nitrogens is 1. The Morgan fingerprint density at radius 2 is 1.59 bits per heavy atom. The first-order valence-electron chi connectivity index (χ1n) is 13.2. The Balaban J connectivity index is 1.20. The Labute approximate surface area is 193 Å². The highest BCUT2D eigenvalue weighted by Crippen LogP contribution is 2.32. The smallest absolute Gasteiger partial charge is 0.237 e. The first-order valence-corrected chi connectivity index (χ1v) is 13.2. The van der Waals surface area contributed by atoms with Crippen LogP contribution in [0, 0.1) is 6.92 Å². The molecule has 2 aliphatic carbocycles. The van der Waals surface area contributed by atoms with Gasteiger partial charge in [-0.05, 0) is 76.2 Å². The number of aromatic nitrogens is 2. The van der Waals surface area contributed by atoms with E-state index in [-0.39, 0.29) is 0 Å². The van der Waals surface area contributed by atoms with Crippen LogP contribution in [0.25, 0.3) is 11.0 Å². The Hall–Kier alpha value is -1.88. The van der Waals surface area contributed by atoms with Gasteiger partial charge < -0.3 is 9.88 Å². The molecular formula is C27H40N4O. The molecule has 3 aliphatic rings. The summed E-state index contributed by atoms with van der Waals surface area (Å²) in [5.74, 6) is 2.01. The lowest BCUT2D eigenvalue weighted by Gasteiger charge is -2.43. The highest BCUT2D eigenvalue weighted by molar-refractivity contribution is 5.79. The Bertz CT molecular complexity index is 884. The summed E-state index contributed by atoms with van der Waals surface area (Å²) < 4.78 is 0. The molecule has 5 heteroatoms. The lowest BCUT2D eigenvalue weighted by atomic mass is 9.88. The van der Waals surface area contributed by atoms with Gasteiger partial charge in [0.15, 0.2) is 0 Å². The molecule has 0 spiro atoms. The average molecular weight is 437 g/mol. The van der Waals surface area contributed by atoms with E-state index in [4.69, 9.17) is 4.98 Å². The second-order valence-electron chi connectivity index (χ2n) is 10.6. The molecule has 0 radical (unpaired) electrons. The summed E-state index contributed by atoms with van der Waals surface area (Å²) in [6.45, 7) is 4.73. The van der Waals surface area contributed by atoms with E-state index in [0.29, 0.717) is 30.5 Å². The topological polar surface area (TPSA) is 52.2 Å². The maximum Gasteiger partial charge on any atom is 0.237 e. The molecule has 2 heterocycles. The number of nitrogens with zero attached hydrogens (tertiary/aromatic N) is 3. The minimum atomic E-state index is 0.404. The fourth-order valence-electron chi connectivity index (χ4n) is 6.40. The van der Waals surface area contributed by atoms with Gasteiger partial charge in [-0.25, -0.2) is 4.98 Å². The van der Waals surface area contributed by atoms with Crippen molar-refractivity contribution in [3.63, 3.8) is 0 Å². The lowest BCUT2D eigenvalue weighted by Crippen LogP contribution is -2.52. The standard InChI is InChI=1S/C27H40N4O/c1-20-12-13-24-25(18-20)29-27(28-24)21-14-16-30(17-15-21)19-26(32)31(22-8-4-2-5-9-22)23-10-6-3-7-11-23/h12-13,18,21-23H,2-11,14-17,19H2,1H3,(H,28,29). The predicted octanol–water partition coefficient (Wildman–Crippen LogP) is 5.54. The number of piperidine rings is 1. The van der Waals surface area contributed by atoms with E-state index in [9.17, 15) is 4.79 Å². The van der Waals surface area contributed by atoms with Crippen molar-refractivity contribution in [1.82, 2.24) is 19.8 Å². The number of amides is 1. The number of imidazole rings is 1. The molecule has 2 saturated carbocycles. The molecule has 3 fully saturated rings. The lowest BCUT2D eigenvalue weighted by molar-refractivity contribution is -0.139. The zero-order valence-corrected chi connectivity index (χ0v) is 19.8. The molecule has 1 aromatic carbocycles. The molecule has 0 unspecified atom stereocenters. The van der Waals surface area contributed by atoms with Crippen LogP contribution in [0.1, 0.15) is 94.4 Å². The van der Waals surface area contributed by atoms with Crippen molar-refractivity contribution in [3.05, 3.63) is 29.6 Å². The number of likely N-dealkylation sites (tertiary alicyclic amines) is 1. The highest BCUT2D eigenvalue weighted by atomic mass is 16.2. The summed E-state index contributed by atoms with van der Waals surface area (Å²) in [6, 6.07) is 7.42. The molecule has 0 bridgehead atoms. The van der Waals surface area contributed by atoms with Crippen LogP contribution >= 0.6 is 0 Å². The molecule has 0 atom stereocenters. The number of aromatic amines is 1. The molecule has 174 valence electrons. The summed E-state index contributed by atoms with van der Waals surface area (Å²) >= 11 is 0. The summed E-state index contributed by atoms with van der Waals surface area (Å²) in [5.41, 5.74) is 3.48. The normalized spacial score (nSPS) is 22.4. The van der Waals surface area contributed by atoms with Crippen molar-refractivity contribution < 1.29 is 4.79 Å². The van der Waals surface area contributed by atoms with E-state index in [2.05, 4.69) is 39.9 Å². The van der Waals surface area contributed by atoms with E-state index in [1.807, 2.05) is 0 Å². The van der Waals surface area contributed by atoms with Crippen LogP contribution in [0.3, 0.4) is 0 Å². The Kier molecular flexibility index (Phi) is 6.82. The monoisotopic (exact) mass is 436 g/mol. The Morgan fingerprint density at radius 1 is 0.969 bits per heavy atom. The maximum absolute atomic E-state index is 13.6. The fraction of sp³-hybridized carbons (Fsp3) is 0.704. The number of carbonyl (C=O) groups excluding carboxylic acids is 1. The van der Waals surface area contributed by atoms with Crippen molar-refractivity contribution in [2.75, 3.05) is 19.6 Å². The number of benzene rings is 1. The van der Waals surface area contributed by atoms with Crippen molar-refractivity contribution in [1.29, 1.82) is 0 Å². The van der Waals surface area contributed by atoms with Crippen LogP contribution in [0.2, 0.25) is 0 Å². The van der Waals surface area contributed by atoms with Gasteiger partial charge in [0.25, 0.3) is 0 Å². The second kappa shape index (κ2) is 9.94. The minimum Gasteiger partial charge on any atom is -0.342 e. The number of nitrogens with one attached hydrogen (secondary N) is 1. The van der Waals surface area contributed by atoms with Gasteiger partial charge in [-0.2, -0.15) is 0 Å². The van der Waals surface area contributed by atoms with Gasteiger partial charge in [-0.3, -0.25) is 9.69 Å². The number of aryl methyl sites for hydroxylation is 1. The first-order chi connectivity index (χ1) is 15.7. The van der Waals surface area contributed by atoms with Crippen LogP contribution in [0.15, 0.2) is 18.2 Å². The molecule has 5 rings (SSSR count). The molecular weight excluding hydrogens is 396 g/mol. The number of hydrogen-bond donors (Lipinski definition) is 1. The number of rotatable bonds is 5. The zero-order chi connectivity index (χ0) is 21.9. The third-order valence-corrected chi connectivity index (χ3v) is 8.21. The van der Waals surface area contributed by atoms with Gasteiger partial charge in [0.1, 0.15) is 5.82 Å². The summed E-state index contributed by atoms with van der Waals surface area (Å²) in [6.07, 6.45) is 14.9. The number of hydrogen-bond acceptors (Lipinski definition) is 3. The van der Waals surface area contributed by atoms with Crippen LogP contribution in [-0.4, -0.2) is 57.4 Å². The molecule has 2 aromatic rings. The van der Waals surface area contributed by atoms with Crippen LogP contribution < -0.4 is 0 Å². The van der Waals surface area contributed by atoms with Gasteiger partial charge >= 0.3 is 0 Å². The second-order valence-corrected chi connectivity index (χ2v) is 10.6. The van der Waals surface area contributed by atoms with Gasteiger partial charge in [0, 0.05) is 18.0 Å². The van der Waals surface area contributed by atoms with E-state index in [0.717, 1.165) is 42.8 Å². The number of fused-ring (bicyclic) bond motifs is 1. The number of carbonyl (C=O) groups is 1. The van der Waals surface area contributed by atoms with Crippen molar-refractivity contribution in [2.24, 2.45) is 0 Å². The van der Waals surface area contributed by atoms with Crippen LogP contribution in [0.5, 0.6) is 0 Å². The van der Waals surface area contributed by atoms with Gasteiger partial charge in [0.2, 0.25) is 5.91 Å². The van der Waals surface area contributed by atoms with Crippen LogP contribution in [-0.2, 0) is 4.79 Å². The Morgan fingerprint density at radius 3 is 2.22 bits per heavy atom. The minimum absolute atomic E-state index is 0.404. The summed E-state index contributed by atoms with van der Waals surface area (Å²) in [7, 11) is 0. The van der Waals surface area contributed by atoms with E-state index in [1.165, 1.54) is 69.8 Å². The third kappa shape index (κ3) is 4.88. The van der Waals surface area contributed by atoms with Crippen molar-refractivity contribution in [2.45, 2.75) is 102 Å². The SMILES string of the molecule is Cc1ccc2nc(C3CCN(CC(=O)N(C4CCCCC4)C4CCCCC4)CC3)[nH]c2c1. The van der Waals surface area contributed by atoms with E-state index >= 15 is 0 Å². The zero-order valence-electron chi connectivity index (χ0n) is 19.8. The molecule has 1 N–H and O–H groups in total. The molecule has 5 nitrogen and oxygen atoms in total. The quantitative estimate of drug-likeness (QED) is 0.669. The van der Waals surface area contributed by atoms with Gasteiger partial charge in [0.05, 0.1) is 17.6 Å². The van der Waals surface area contributed by atoms with Gasteiger partial charge in [-0.1, -0.05) is 44.6 Å². The fourth-order valence-corrected chi connectivity index (χ4v) is 6.40. The van der Waals surface area contributed by atoms with Crippen molar-refractivity contribution >= 4 is 16.9 Å². The predicted molar refractivity (Wildman–Crippen MR) is 130 cm³/mol. The molecule has 32 heavy (non-hydrogen) atoms. The maximum atomic E-state index is 13.6. The average Bonchev–Trinajstić information content (AvgIpc) is 3.24. The van der Waals surface area contributed by atoms with E-state index in [1.54, 1.807) is 0 Å². The molecule has 1 aliphatic heterocycles. The largest absolute Gasteiger partial charge is 0.342 e. The summed E-state index contributed by atoms with van der Waals surface area (Å²) in [5, 5.41) is 0. The van der Waals surface area contributed by atoms with Crippen molar-refractivity contribution in [3.8, 4) is 0 Å². The molecule has 1 amide bonds. The van der Waals surface area contributed by atoms with E-state index < -0.39 is 0 Å².